The number of ether oxygens (including phenoxy) is 1. The fourth-order valence-corrected chi connectivity index (χ4v) is 5.08. The summed E-state index contributed by atoms with van der Waals surface area (Å²) in [5.74, 6) is -3.36. The smallest absolute Gasteiger partial charge is 0.341 e. The van der Waals surface area contributed by atoms with Gasteiger partial charge in [-0.05, 0) is 46.1 Å². The van der Waals surface area contributed by atoms with E-state index in [0.717, 1.165) is 27.2 Å². The van der Waals surface area contributed by atoms with Crippen molar-refractivity contribution in [2.45, 2.75) is 40.5 Å². The van der Waals surface area contributed by atoms with Gasteiger partial charge in [0.25, 0.3) is 0 Å². The molecule has 0 saturated heterocycles. The number of rotatable bonds is 6. The lowest BCUT2D eigenvalue weighted by Crippen LogP contribution is -2.36. The minimum absolute atomic E-state index is 0.211. The first kappa shape index (κ1) is 22.7. The van der Waals surface area contributed by atoms with E-state index in [2.05, 4.69) is 5.32 Å². The van der Waals surface area contributed by atoms with Crippen molar-refractivity contribution in [1.82, 2.24) is 0 Å². The van der Waals surface area contributed by atoms with E-state index in [9.17, 15) is 19.5 Å². The monoisotopic (exact) mass is 441 g/mol. The zero-order chi connectivity index (χ0) is 22.7. The Morgan fingerprint density at radius 2 is 1.68 bits per heavy atom. The molecule has 164 valence electrons. The van der Waals surface area contributed by atoms with E-state index in [4.69, 9.17) is 4.74 Å². The van der Waals surface area contributed by atoms with Gasteiger partial charge >= 0.3 is 11.9 Å². The molecule has 0 saturated carbocycles. The van der Waals surface area contributed by atoms with Gasteiger partial charge in [-0.1, -0.05) is 41.5 Å². The van der Waals surface area contributed by atoms with Gasteiger partial charge in [0.15, 0.2) is 0 Å². The van der Waals surface area contributed by atoms with Crippen LogP contribution in [0.25, 0.3) is 11.1 Å². The van der Waals surface area contributed by atoms with Crippen molar-refractivity contribution in [2.24, 2.45) is 11.8 Å². The van der Waals surface area contributed by atoms with Gasteiger partial charge in [-0.2, -0.15) is 0 Å². The molecule has 7 heteroatoms. The van der Waals surface area contributed by atoms with Gasteiger partial charge in [0.1, 0.15) is 10.6 Å². The number of esters is 1. The largest absolute Gasteiger partial charge is 0.481 e. The minimum Gasteiger partial charge on any atom is -0.481 e. The highest BCUT2D eigenvalue weighted by Gasteiger charge is 2.38. The summed E-state index contributed by atoms with van der Waals surface area (Å²) in [7, 11) is 0. The Kier molecular flexibility index (Phi) is 6.95. The molecule has 0 aliphatic heterocycles. The third-order valence-electron chi connectivity index (χ3n) is 5.78. The summed E-state index contributed by atoms with van der Waals surface area (Å²) >= 11 is 1.30. The number of hydrogen-bond acceptors (Lipinski definition) is 5. The maximum absolute atomic E-state index is 13.2. The summed E-state index contributed by atoms with van der Waals surface area (Å²) in [6, 6.07) is 9.47. The number of carboxylic acid groups (broad SMARTS) is 1. The molecule has 2 unspecified atom stereocenters. The van der Waals surface area contributed by atoms with Crippen LogP contribution >= 0.6 is 11.3 Å². The molecule has 2 aromatic rings. The zero-order valence-electron chi connectivity index (χ0n) is 18.2. The molecule has 1 aliphatic rings. The lowest BCUT2D eigenvalue weighted by molar-refractivity contribution is -0.146. The maximum Gasteiger partial charge on any atom is 0.341 e. The van der Waals surface area contributed by atoms with Crippen LogP contribution < -0.4 is 5.32 Å². The van der Waals surface area contributed by atoms with Crippen molar-refractivity contribution in [1.29, 1.82) is 0 Å². The van der Waals surface area contributed by atoms with Crippen LogP contribution in [0, 0.1) is 18.8 Å². The van der Waals surface area contributed by atoms with Crippen LogP contribution in [0.1, 0.15) is 48.8 Å². The molecule has 1 aliphatic carbocycles. The molecule has 1 aromatic carbocycles. The second-order valence-corrected chi connectivity index (χ2v) is 9.06. The molecule has 0 bridgehead atoms. The first-order chi connectivity index (χ1) is 14.7. The van der Waals surface area contributed by atoms with Crippen molar-refractivity contribution in [3.63, 3.8) is 0 Å². The number of thiophene rings is 1. The third-order valence-corrected chi connectivity index (χ3v) is 6.80. The number of aryl methyl sites for hydroxylation is 1. The molecule has 2 N–H and O–H groups in total. The molecule has 6 nitrogen and oxygen atoms in total. The van der Waals surface area contributed by atoms with Crippen molar-refractivity contribution in [3.05, 3.63) is 51.9 Å². The summed E-state index contributed by atoms with van der Waals surface area (Å²) in [5, 5.41) is 12.9. The van der Waals surface area contributed by atoms with Crippen LogP contribution in [-0.4, -0.2) is 29.6 Å². The lowest BCUT2D eigenvalue weighted by Gasteiger charge is -2.29. The zero-order valence-corrected chi connectivity index (χ0v) is 19.0. The molecule has 0 fully saturated rings. The summed E-state index contributed by atoms with van der Waals surface area (Å²) in [5.41, 5.74) is 3.95. The standard InChI is InChI=1S/C24H27NO5S/c1-5-30-24(29)20-19(16-9-7-6-8-10-16)15(4)31-22(20)25-21(26)17-11-13(2)14(3)12-18(17)23(27)28/h6-10,17-18H,5,11-12H2,1-4H3,(H,25,26)(H,27,28). The van der Waals surface area contributed by atoms with Crippen LogP contribution in [0.2, 0.25) is 0 Å². The van der Waals surface area contributed by atoms with E-state index in [1.165, 1.54) is 11.3 Å². The minimum atomic E-state index is -0.982. The van der Waals surface area contributed by atoms with Crippen molar-refractivity contribution in [2.75, 3.05) is 11.9 Å². The van der Waals surface area contributed by atoms with Crippen LogP contribution in [0.15, 0.2) is 41.5 Å². The quantitative estimate of drug-likeness (QED) is 0.470. The Morgan fingerprint density at radius 1 is 1.06 bits per heavy atom. The first-order valence-electron chi connectivity index (χ1n) is 10.3. The summed E-state index contributed by atoms with van der Waals surface area (Å²) in [4.78, 5) is 38.7. The highest BCUT2D eigenvalue weighted by molar-refractivity contribution is 7.17. The second kappa shape index (κ2) is 9.47. The number of hydrogen-bond donors (Lipinski definition) is 2. The molecule has 3 rings (SSSR count). The molecule has 0 radical (unpaired) electrons. The Balaban J connectivity index is 2.00. The molecule has 2 atom stereocenters. The normalized spacial score (nSPS) is 18.6. The molecular weight excluding hydrogens is 414 g/mol. The third kappa shape index (κ3) is 4.71. The van der Waals surface area contributed by atoms with E-state index < -0.39 is 23.8 Å². The van der Waals surface area contributed by atoms with E-state index in [-0.39, 0.29) is 12.5 Å². The SMILES string of the molecule is CCOC(=O)c1c(NC(=O)C2CC(C)=C(C)CC2C(=O)O)sc(C)c1-c1ccccc1. The number of amides is 1. The van der Waals surface area contributed by atoms with Crippen molar-refractivity contribution >= 4 is 34.2 Å². The Hall–Kier alpha value is -2.93. The van der Waals surface area contributed by atoms with Gasteiger partial charge in [-0.25, -0.2) is 4.79 Å². The summed E-state index contributed by atoms with van der Waals surface area (Å²) in [6.45, 7) is 7.67. The van der Waals surface area contributed by atoms with E-state index in [1.807, 2.05) is 51.1 Å². The highest BCUT2D eigenvalue weighted by Crippen LogP contribution is 2.42. The van der Waals surface area contributed by atoms with Gasteiger partial charge in [-0.15, -0.1) is 11.3 Å². The van der Waals surface area contributed by atoms with Gasteiger partial charge in [-0.3, -0.25) is 9.59 Å². The molecular formula is C24H27NO5S. The Labute approximate surface area is 185 Å². The van der Waals surface area contributed by atoms with Gasteiger partial charge in [0.2, 0.25) is 5.91 Å². The number of nitrogens with one attached hydrogen (secondary N) is 1. The maximum atomic E-state index is 13.2. The molecule has 1 heterocycles. The lowest BCUT2D eigenvalue weighted by atomic mass is 9.76. The Morgan fingerprint density at radius 3 is 2.26 bits per heavy atom. The van der Waals surface area contributed by atoms with Crippen LogP contribution in [-0.2, 0) is 14.3 Å². The number of benzene rings is 1. The average molecular weight is 442 g/mol. The molecule has 1 amide bonds. The van der Waals surface area contributed by atoms with Gasteiger partial charge in [0.05, 0.1) is 18.4 Å². The van der Waals surface area contributed by atoms with Crippen molar-refractivity contribution in [3.8, 4) is 11.1 Å². The Bertz CT molecular complexity index is 1040. The predicted octanol–water partition coefficient (Wildman–Crippen LogP) is 5.29. The van der Waals surface area contributed by atoms with Crippen LogP contribution in [0.4, 0.5) is 5.00 Å². The number of carboxylic acids is 1. The highest BCUT2D eigenvalue weighted by atomic mass is 32.1. The summed E-state index contributed by atoms with van der Waals surface area (Å²) in [6.07, 6.45) is 0.738. The van der Waals surface area contributed by atoms with E-state index in [0.29, 0.717) is 23.4 Å². The fourth-order valence-electron chi connectivity index (χ4n) is 4.02. The number of aliphatic carboxylic acids is 1. The molecule has 31 heavy (non-hydrogen) atoms. The topological polar surface area (TPSA) is 92.7 Å². The average Bonchev–Trinajstić information content (AvgIpc) is 3.05. The van der Waals surface area contributed by atoms with Gasteiger partial charge in [0, 0.05) is 10.4 Å². The van der Waals surface area contributed by atoms with Crippen LogP contribution in [0.5, 0.6) is 0 Å². The van der Waals surface area contributed by atoms with Crippen molar-refractivity contribution < 1.29 is 24.2 Å². The number of carbonyl (C=O) groups is 3. The molecule has 1 aromatic heterocycles. The van der Waals surface area contributed by atoms with Gasteiger partial charge < -0.3 is 15.2 Å². The van der Waals surface area contributed by atoms with E-state index in [1.54, 1.807) is 6.92 Å². The summed E-state index contributed by atoms with van der Waals surface area (Å²) < 4.78 is 5.28. The predicted molar refractivity (Wildman–Crippen MR) is 121 cm³/mol. The molecule has 0 spiro atoms. The second-order valence-electron chi connectivity index (χ2n) is 7.83. The number of anilines is 1. The number of allylic oxidation sites excluding steroid dienone is 2. The number of carbonyl (C=O) groups excluding carboxylic acids is 2. The fraction of sp³-hybridized carbons (Fsp3) is 0.375. The van der Waals surface area contributed by atoms with E-state index >= 15 is 0 Å². The first-order valence-corrected chi connectivity index (χ1v) is 11.1. The van der Waals surface area contributed by atoms with Crippen LogP contribution in [0.3, 0.4) is 0 Å².